The second-order valence-electron chi connectivity index (χ2n) is 5.81. The summed E-state index contributed by atoms with van der Waals surface area (Å²) in [5.74, 6) is -2.15. The van der Waals surface area contributed by atoms with Crippen LogP contribution in [0.2, 0.25) is 0 Å². The van der Waals surface area contributed by atoms with Crippen molar-refractivity contribution >= 4 is 35.2 Å². The number of hydrogen-bond donors (Lipinski definition) is 2. The lowest BCUT2D eigenvalue weighted by Gasteiger charge is -2.27. The van der Waals surface area contributed by atoms with Crippen molar-refractivity contribution in [2.24, 2.45) is 5.73 Å². The molecule has 2 fully saturated rings. The highest BCUT2D eigenvalue weighted by Crippen LogP contribution is 2.25. The van der Waals surface area contributed by atoms with Crippen LogP contribution in [0.5, 0.6) is 0 Å². The van der Waals surface area contributed by atoms with Crippen LogP contribution in [0.15, 0.2) is 24.3 Å². The molecule has 138 valence electrons. The van der Waals surface area contributed by atoms with Crippen molar-refractivity contribution in [2.75, 3.05) is 42.6 Å². The Balaban J connectivity index is 1.62. The van der Waals surface area contributed by atoms with E-state index in [1.54, 1.807) is 29.2 Å². The molecule has 0 radical (unpaired) electrons. The minimum absolute atomic E-state index is 0.00955. The maximum absolute atomic E-state index is 12.0. The normalized spacial score (nSPS) is 20.1. The zero-order valence-electron chi connectivity index (χ0n) is 13.8. The van der Waals surface area contributed by atoms with Gasteiger partial charge in [0.1, 0.15) is 12.7 Å². The molecule has 10 nitrogen and oxygen atoms in total. The van der Waals surface area contributed by atoms with Crippen LogP contribution in [-0.2, 0) is 23.9 Å². The van der Waals surface area contributed by atoms with Crippen LogP contribution in [0.25, 0.3) is 0 Å². The Hall–Kier alpha value is -3.14. The molecule has 2 saturated heterocycles. The first kappa shape index (κ1) is 17.7. The molecule has 0 saturated carbocycles. The molecule has 0 aliphatic carbocycles. The Kier molecular flexibility index (Phi) is 5.03. The average Bonchev–Trinajstić information content (AvgIpc) is 3.01. The fourth-order valence-corrected chi connectivity index (χ4v) is 2.74. The number of morpholine rings is 1. The van der Waals surface area contributed by atoms with Crippen LogP contribution in [-0.4, -0.2) is 62.8 Å². The van der Waals surface area contributed by atoms with E-state index < -0.39 is 24.0 Å². The van der Waals surface area contributed by atoms with E-state index in [1.165, 1.54) is 4.90 Å². The second kappa shape index (κ2) is 7.40. The number of benzene rings is 1. The van der Waals surface area contributed by atoms with E-state index in [4.69, 9.17) is 15.2 Å². The number of nitrogens with two attached hydrogens (primary N) is 1. The monoisotopic (exact) mass is 362 g/mol. The molecule has 4 amide bonds. The maximum atomic E-state index is 12.0. The summed E-state index contributed by atoms with van der Waals surface area (Å²) in [4.78, 5) is 48.8. The third-order valence-electron chi connectivity index (χ3n) is 4.05. The Bertz CT molecular complexity index is 735. The zero-order chi connectivity index (χ0) is 18.7. The summed E-state index contributed by atoms with van der Waals surface area (Å²) in [5.41, 5.74) is 6.17. The smallest absolute Gasteiger partial charge is 0.414 e. The third kappa shape index (κ3) is 3.75. The van der Waals surface area contributed by atoms with E-state index in [2.05, 4.69) is 5.32 Å². The van der Waals surface area contributed by atoms with Gasteiger partial charge in [-0.05, 0) is 24.3 Å². The highest BCUT2D eigenvalue weighted by Gasteiger charge is 2.33. The van der Waals surface area contributed by atoms with Crippen LogP contribution in [0.1, 0.15) is 0 Å². The lowest BCUT2D eigenvalue weighted by Crippen LogP contribution is -2.41. The van der Waals surface area contributed by atoms with E-state index in [-0.39, 0.29) is 25.6 Å². The highest BCUT2D eigenvalue weighted by atomic mass is 16.6. The minimum atomic E-state index is -1.10. The molecule has 2 aliphatic rings. The molecule has 0 aromatic heterocycles. The Morgan fingerprint density at radius 1 is 1.15 bits per heavy atom. The highest BCUT2D eigenvalue weighted by molar-refractivity contribution is 6.34. The van der Waals surface area contributed by atoms with Gasteiger partial charge >= 0.3 is 17.9 Å². The number of nitrogens with zero attached hydrogens (tertiary/aromatic N) is 2. The molecule has 2 heterocycles. The number of hydrogen-bond acceptors (Lipinski definition) is 6. The summed E-state index contributed by atoms with van der Waals surface area (Å²) in [6.07, 6.45) is -1.15. The molecule has 1 aromatic rings. The largest absolute Gasteiger partial charge is 0.442 e. The zero-order valence-corrected chi connectivity index (χ0v) is 13.8. The van der Waals surface area contributed by atoms with Crippen LogP contribution in [0.3, 0.4) is 0 Å². The molecule has 0 spiro atoms. The number of anilines is 2. The molecule has 1 atom stereocenters. The third-order valence-corrected chi connectivity index (χ3v) is 4.05. The molecule has 26 heavy (non-hydrogen) atoms. The summed E-state index contributed by atoms with van der Waals surface area (Å²) < 4.78 is 10.3. The predicted octanol–water partition coefficient (Wildman–Crippen LogP) is -1.02. The van der Waals surface area contributed by atoms with Gasteiger partial charge in [-0.25, -0.2) is 4.79 Å². The van der Waals surface area contributed by atoms with Gasteiger partial charge in [0.2, 0.25) is 0 Å². The van der Waals surface area contributed by atoms with Gasteiger partial charge in [0.05, 0.1) is 19.7 Å². The molecule has 10 heteroatoms. The van der Waals surface area contributed by atoms with Crippen molar-refractivity contribution in [3.8, 4) is 0 Å². The maximum Gasteiger partial charge on any atom is 0.414 e. The van der Waals surface area contributed by atoms with Gasteiger partial charge in [-0.15, -0.1) is 0 Å². The quantitative estimate of drug-likeness (QED) is 0.659. The summed E-state index contributed by atoms with van der Waals surface area (Å²) in [5, 5.41) is 2.30. The van der Waals surface area contributed by atoms with Crippen molar-refractivity contribution < 1.29 is 28.7 Å². The standard InChI is InChI=1S/C16H18N4O6/c17-14(22)15(23)18-7-12-8-20(16(24)26-12)11-3-1-10(2-4-11)19-5-6-25-9-13(19)21/h1-4,12H,5-9H2,(H2,17,22)(H,18,23). The van der Waals surface area contributed by atoms with Gasteiger partial charge in [-0.2, -0.15) is 0 Å². The van der Waals surface area contributed by atoms with Gasteiger partial charge in [0.25, 0.3) is 5.91 Å². The molecule has 1 aromatic carbocycles. The number of carbonyl (C=O) groups excluding carboxylic acids is 4. The first-order chi connectivity index (χ1) is 12.5. The lowest BCUT2D eigenvalue weighted by atomic mass is 10.2. The van der Waals surface area contributed by atoms with Gasteiger partial charge in [-0.1, -0.05) is 0 Å². The molecule has 3 rings (SSSR count). The summed E-state index contributed by atoms with van der Waals surface area (Å²) >= 11 is 0. The van der Waals surface area contributed by atoms with Crippen molar-refractivity contribution in [3.05, 3.63) is 24.3 Å². The minimum Gasteiger partial charge on any atom is -0.442 e. The second-order valence-corrected chi connectivity index (χ2v) is 5.81. The van der Waals surface area contributed by atoms with Gasteiger partial charge in [0.15, 0.2) is 0 Å². The van der Waals surface area contributed by atoms with Gasteiger partial charge < -0.3 is 25.4 Å². The van der Waals surface area contributed by atoms with Crippen LogP contribution in [0, 0.1) is 0 Å². The molecular weight excluding hydrogens is 344 g/mol. The van der Waals surface area contributed by atoms with Crippen molar-refractivity contribution in [1.82, 2.24) is 5.32 Å². The number of nitrogens with one attached hydrogen (secondary N) is 1. The lowest BCUT2D eigenvalue weighted by molar-refractivity contribution is -0.137. The van der Waals surface area contributed by atoms with Crippen LogP contribution < -0.4 is 20.9 Å². The van der Waals surface area contributed by atoms with E-state index in [9.17, 15) is 19.2 Å². The Morgan fingerprint density at radius 2 is 1.81 bits per heavy atom. The van der Waals surface area contributed by atoms with E-state index in [0.717, 1.165) is 5.69 Å². The topological polar surface area (TPSA) is 131 Å². The number of rotatable bonds is 4. The number of carbonyl (C=O) groups is 4. The first-order valence-electron chi connectivity index (χ1n) is 7.99. The van der Waals surface area contributed by atoms with E-state index in [0.29, 0.717) is 18.8 Å². The van der Waals surface area contributed by atoms with E-state index in [1.807, 2.05) is 0 Å². The molecule has 3 N–H and O–H groups in total. The van der Waals surface area contributed by atoms with Gasteiger partial charge in [0, 0.05) is 17.9 Å². The number of amides is 4. The van der Waals surface area contributed by atoms with Crippen molar-refractivity contribution in [1.29, 1.82) is 0 Å². The van der Waals surface area contributed by atoms with Crippen molar-refractivity contribution in [3.63, 3.8) is 0 Å². The Morgan fingerprint density at radius 3 is 2.42 bits per heavy atom. The fourth-order valence-electron chi connectivity index (χ4n) is 2.74. The van der Waals surface area contributed by atoms with E-state index >= 15 is 0 Å². The SMILES string of the molecule is NC(=O)C(=O)NCC1CN(c2ccc(N3CCOCC3=O)cc2)C(=O)O1. The summed E-state index contributed by atoms with van der Waals surface area (Å²) in [7, 11) is 0. The van der Waals surface area contributed by atoms with Crippen LogP contribution in [0.4, 0.5) is 16.2 Å². The molecular formula is C16H18N4O6. The molecule has 0 bridgehead atoms. The van der Waals surface area contributed by atoms with Crippen molar-refractivity contribution in [2.45, 2.75) is 6.10 Å². The predicted molar refractivity (Wildman–Crippen MR) is 89.4 cm³/mol. The van der Waals surface area contributed by atoms with Crippen LogP contribution >= 0.6 is 0 Å². The summed E-state index contributed by atoms with van der Waals surface area (Å²) in [6.45, 7) is 1.22. The molecule has 2 aliphatic heterocycles. The van der Waals surface area contributed by atoms with Gasteiger partial charge in [-0.3, -0.25) is 19.3 Å². The number of cyclic esters (lactones) is 1. The number of ether oxygens (including phenoxy) is 2. The first-order valence-corrected chi connectivity index (χ1v) is 7.99. The Labute approximate surface area is 148 Å². The summed E-state index contributed by atoms with van der Waals surface area (Å²) in [6, 6.07) is 6.91. The average molecular weight is 362 g/mol. The fraction of sp³-hybridized carbons (Fsp3) is 0.375. The molecule has 1 unspecified atom stereocenters. The number of primary amides is 1.